The van der Waals surface area contributed by atoms with E-state index in [0.717, 1.165) is 25.0 Å². The zero-order chi connectivity index (χ0) is 13.3. The maximum absolute atomic E-state index is 13.2. The molecule has 0 aliphatic heterocycles. The van der Waals surface area contributed by atoms with Gasteiger partial charge in [-0.25, -0.2) is 22.7 Å². The van der Waals surface area contributed by atoms with Crippen molar-refractivity contribution < 1.29 is 22.3 Å². The SMILES string of the molecule is NS(=O)(=O)c1cc(C(=O)OCC2CC2)ccc1F. The van der Waals surface area contributed by atoms with E-state index in [0.29, 0.717) is 12.5 Å². The second-order valence-electron chi connectivity index (χ2n) is 4.23. The molecule has 7 heteroatoms. The molecule has 98 valence electrons. The number of carbonyl (C=O) groups is 1. The highest BCUT2D eigenvalue weighted by atomic mass is 32.2. The van der Waals surface area contributed by atoms with Crippen molar-refractivity contribution in [1.82, 2.24) is 0 Å². The van der Waals surface area contributed by atoms with Gasteiger partial charge in [-0.15, -0.1) is 0 Å². The van der Waals surface area contributed by atoms with Crippen LogP contribution in [0.1, 0.15) is 23.2 Å². The standard InChI is InChI=1S/C11H12FNO4S/c12-9-4-3-8(5-10(9)18(13,15)16)11(14)17-6-7-1-2-7/h3-5,7H,1-2,6H2,(H2,13,15,16). The van der Waals surface area contributed by atoms with Gasteiger partial charge in [0.25, 0.3) is 0 Å². The number of hydrogen-bond donors (Lipinski definition) is 1. The van der Waals surface area contributed by atoms with Gasteiger partial charge in [0.1, 0.15) is 10.7 Å². The number of carbonyl (C=O) groups excluding carboxylic acids is 1. The molecule has 0 bridgehead atoms. The Balaban J connectivity index is 2.20. The van der Waals surface area contributed by atoms with E-state index >= 15 is 0 Å². The molecular weight excluding hydrogens is 261 g/mol. The Morgan fingerprint density at radius 2 is 2.11 bits per heavy atom. The first kappa shape index (κ1) is 13.0. The number of nitrogens with two attached hydrogens (primary N) is 1. The topological polar surface area (TPSA) is 86.5 Å². The molecule has 5 nitrogen and oxygen atoms in total. The summed E-state index contributed by atoms with van der Waals surface area (Å²) in [5.41, 5.74) is -0.0268. The fourth-order valence-electron chi connectivity index (χ4n) is 1.41. The highest BCUT2D eigenvalue weighted by Crippen LogP contribution is 2.29. The number of halogens is 1. The van der Waals surface area contributed by atoms with Gasteiger partial charge >= 0.3 is 5.97 Å². The molecule has 18 heavy (non-hydrogen) atoms. The zero-order valence-electron chi connectivity index (χ0n) is 9.43. The lowest BCUT2D eigenvalue weighted by atomic mass is 10.2. The van der Waals surface area contributed by atoms with E-state index in [1.165, 1.54) is 6.07 Å². The van der Waals surface area contributed by atoms with Gasteiger partial charge in [-0.05, 0) is 37.0 Å². The highest BCUT2D eigenvalue weighted by molar-refractivity contribution is 7.89. The largest absolute Gasteiger partial charge is 0.462 e. The van der Waals surface area contributed by atoms with Crippen LogP contribution in [0.4, 0.5) is 4.39 Å². The fraction of sp³-hybridized carbons (Fsp3) is 0.364. The van der Waals surface area contributed by atoms with Crippen LogP contribution in [-0.2, 0) is 14.8 Å². The molecule has 0 aromatic heterocycles. The zero-order valence-corrected chi connectivity index (χ0v) is 10.2. The van der Waals surface area contributed by atoms with Crippen molar-refractivity contribution in [3.63, 3.8) is 0 Å². The molecule has 1 saturated carbocycles. The van der Waals surface area contributed by atoms with Crippen LogP contribution < -0.4 is 5.14 Å². The van der Waals surface area contributed by atoms with Crippen LogP contribution in [0.15, 0.2) is 23.1 Å². The number of sulfonamides is 1. The third kappa shape index (κ3) is 3.05. The summed E-state index contributed by atoms with van der Waals surface area (Å²) in [6.07, 6.45) is 2.05. The van der Waals surface area contributed by atoms with Crippen LogP contribution in [0.5, 0.6) is 0 Å². The number of primary sulfonamides is 1. The maximum Gasteiger partial charge on any atom is 0.338 e. The quantitative estimate of drug-likeness (QED) is 0.830. The highest BCUT2D eigenvalue weighted by Gasteiger charge is 2.24. The van der Waals surface area contributed by atoms with E-state index in [9.17, 15) is 17.6 Å². The minimum Gasteiger partial charge on any atom is -0.462 e. The van der Waals surface area contributed by atoms with Crippen LogP contribution in [-0.4, -0.2) is 21.0 Å². The van der Waals surface area contributed by atoms with Gasteiger partial charge in [0, 0.05) is 0 Å². The van der Waals surface area contributed by atoms with E-state index in [2.05, 4.69) is 0 Å². The van der Waals surface area contributed by atoms with Gasteiger partial charge < -0.3 is 4.74 Å². The summed E-state index contributed by atoms with van der Waals surface area (Å²) in [7, 11) is -4.19. The molecule has 0 radical (unpaired) electrons. The lowest BCUT2D eigenvalue weighted by Crippen LogP contribution is -2.16. The first-order valence-electron chi connectivity index (χ1n) is 5.37. The van der Waals surface area contributed by atoms with Gasteiger partial charge in [-0.2, -0.15) is 0 Å². The average molecular weight is 273 g/mol. The number of esters is 1. The van der Waals surface area contributed by atoms with Crippen molar-refractivity contribution in [2.75, 3.05) is 6.61 Å². The predicted molar refractivity (Wildman–Crippen MR) is 60.8 cm³/mol. The van der Waals surface area contributed by atoms with Crippen LogP contribution in [0.3, 0.4) is 0 Å². The molecule has 0 unspecified atom stereocenters. The molecule has 0 spiro atoms. The molecule has 0 saturated heterocycles. The molecule has 0 amide bonds. The van der Waals surface area contributed by atoms with Crippen LogP contribution in [0.2, 0.25) is 0 Å². The van der Waals surface area contributed by atoms with Gasteiger partial charge in [0.2, 0.25) is 10.0 Å². The first-order valence-corrected chi connectivity index (χ1v) is 6.92. The van der Waals surface area contributed by atoms with Crippen molar-refractivity contribution in [1.29, 1.82) is 0 Å². The summed E-state index contributed by atoms with van der Waals surface area (Å²) in [4.78, 5) is 10.9. The molecule has 1 aromatic carbocycles. The summed E-state index contributed by atoms with van der Waals surface area (Å²) in [6, 6.07) is 2.94. The summed E-state index contributed by atoms with van der Waals surface area (Å²) in [5, 5.41) is 4.84. The van der Waals surface area contributed by atoms with Crippen molar-refractivity contribution in [3.05, 3.63) is 29.6 Å². The van der Waals surface area contributed by atoms with E-state index in [1.54, 1.807) is 0 Å². The number of benzene rings is 1. The molecule has 2 rings (SSSR count). The smallest absolute Gasteiger partial charge is 0.338 e. The van der Waals surface area contributed by atoms with Crippen molar-refractivity contribution in [2.45, 2.75) is 17.7 Å². The summed E-state index contributed by atoms with van der Waals surface area (Å²) in [5.74, 6) is -1.27. The minimum atomic E-state index is -4.19. The second kappa shape index (κ2) is 4.66. The molecule has 0 heterocycles. The van der Waals surface area contributed by atoms with E-state index in [1.807, 2.05) is 0 Å². The van der Waals surface area contributed by atoms with Crippen LogP contribution >= 0.6 is 0 Å². The minimum absolute atomic E-state index is 0.0268. The van der Waals surface area contributed by atoms with Gasteiger partial charge in [-0.1, -0.05) is 0 Å². The van der Waals surface area contributed by atoms with Gasteiger partial charge in [-0.3, -0.25) is 0 Å². The molecule has 2 N–H and O–H groups in total. The summed E-state index contributed by atoms with van der Waals surface area (Å²) in [6.45, 7) is 0.306. The Morgan fingerprint density at radius 1 is 1.44 bits per heavy atom. The first-order chi connectivity index (χ1) is 8.38. The molecule has 1 aromatic rings. The lowest BCUT2D eigenvalue weighted by Gasteiger charge is -2.06. The number of hydrogen-bond acceptors (Lipinski definition) is 4. The van der Waals surface area contributed by atoms with E-state index < -0.39 is 26.7 Å². The lowest BCUT2D eigenvalue weighted by molar-refractivity contribution is 0.0485. The van der Waals surface area contributed by atoms with Gasteiger partial charge in [0.15, 0.2) is 0 Å². The average Bonchev–Trinajstić information content (AvgIpc) is 3.08. The van der Waals surface area contributed by atoms with Gasteiger partial charge in [0.05, 0.1) is 12.2 Å². The predicted octanol–water partition coefficient (Wildman–Crippen LogP) is 1.04. The third-order valence-electron chi connectivity index (χ3n) is 2.62. The van der Waals surface area contributed by atoms with Crippen molar-refractivity contribution in [2.24, 2.45) is 11.1 Å². The molecule has 1 aliphatic rings. The third-order valence-corrected chi connectivity index (χ3v) is 3.55. The Labute approximate surface area is 104 Å². The van der Waals surface area contributed by atoms with Crippen molar-refractivity contribution >= 4 is 16.0 Å². The Bertz CT molecular complexity index is 581. The van der Waals surface area contributed by atoms with E-state index in [4.69, 9.17) is 9.88 Å². The fourth-order valence-corrected chi connectivity index (χ4v) is 2.04. The Kier molecular flexibility index (Phi) is 3.36. The summed E-state index contributed by atoms with van der Waals surface area (Å²) < 4.78 is 40.4. The van der Waals surface area contributed by atoms with E-state index in [-0.39, 0.29) is 5.56 Å². The Hall–Kier alpha value is -1.47. The van der Waals surface area contributed by atoms with Crippen LogP contribution in [0, 0.1) is 11.7 Å². The van der Waals surface area contributed by atoms with Crippen LogP contribution in [0.25, 0.3) is 0 Å². The molecule has 0 atom stereocenters. The number of ether oxygens (including phenoxy) is 1. The second-order valence-corrected chi connectivity index (χ2v) is 5.76. The van der Waals surface area contributed by atoms with Crippen molar-refractivity contribution in [3.8, 4) is 0 Å². The molecule has 1 fully saturated rings. The summed E-state index contributed by atoms with van der Waals surface area (Å²) >= 11 is 0. The maximum atomic E-state index is 13.2. The Morgan fingerprint density at radius 3 is 2.67 bits per heavy atom. The number of rotatable bonds is 4. The monoisotopic (exact) mass is 273 g/mol. The molecular formula is C11H12FNO4S. The molecule has 1 aliphatic carbocycles. The normalized spacial score (nSPS) is 15.4.